The summed E-state index contributed by atoms with van der Waals surface area (Å²) in [5, 5.41) is 0.144. The zero-order chi connectivity index (χ0) is 29.1. The Morgan fingerprint density at radius 2 is 1.90 bits per heavy atom. The number of aromatic nitrogens is 1. The lowest BCUT2D eigenvalue weighted by atomic mass is 9.96. The fourth-order valence-corrected chi connectivity index (χ4v) is 5.49. The maximum atomic E-state index is 14.5. The molecule has 5 rings (SSSR count). The fraction of sp³-hybridized carbons (Fsp3) is 0.172. The first-order chi connectivity index (χ1) is 19.8. The quantitative estimate of drug-likeness (QED) is 0.172. The Kier molecular flexibility index (Phi) is 8.29. The van der Waals surface area contributed by atoms with Gasteiger partial charge in [0.25, 0.3) is 5.56 Å². The summed E-state index contributed by atoms with van der Waals surface area (Å²) >= 11 is 7.23. The molecule has 0 N–H and O–H groups in total. The minimum atomic E-state index is -0.936. The summed E-state index contributed by atoms with van der Waals surface area (Å²) in [4.78, 5) is 44.1. The number of esters is 2. The van der Waals surface area contributed by atoms with Crippen molar-refractivity contribution in [1.82, 2.24) is 4.57 Å². The van der Waals surface area contributed by atoms with Gasteiger partial charge in [0.05, 0.1) is 39.7 Å². The van der Waals surface area contributed by atoms with Crippen molar-refractivity contribution in [3.05, 3.63) is 120 Å². The summed E-state index contributed by atoms with van der Waals surface area (Å²) in [5.41, 5.74) is 0.578. The number of furan rings is 1. The average Bonchev–Trinajstić information content (AvgIpc) is 3.59. The molecule has 0 radical (unpaired) electrons. The molecular weight excluding hydrogens is 575 g/mol. The predicted molar refractivity (Wildman–Crippen MR) is 148 cm³/mol. The average molecular weight is 597 g/mol. The number of fused-ring (bicyclic) bond motifs is 1. The molecule has 2 aromatic heterocycles. The van der Waals surface area contributed by atoms with Gasteiger partial charge in [-0.3, -0.25) is 9.36 Å². The largest absolute Gasteiger partial charge is 0.460 e. The third-order valence-corrected chi connectivity index (χ3v) is 7.48. The Balaban J connectivity index is 1.59. The van der Waals surface area contributed by atoms with E-state index in [1.807, 2.05) is 0 Å². The number of hydrogen-bond donors (Lipinski definition) is 0. The van der Waals surface area contributed by atoms with Crippen molar-refractivity contribution < 1.29 is 32.6 Å². The summed E-state index contributed by atoms with van der Waals surface area (Å²) < 4.78 is 36.9. The van der Waals surface area contributed by atoms with Crippen LogP contribution in [0.2, 0.25) is 5.02 Å². The summed E-state index contributed by atoms with van der Waals surface area (Å²) in [5.74, 6) is -1.68. The Labute approximate surface area is 241 Å². The van der Waals surface area contributed by atoms with E-state index in [1.54, 1.807) is 25.1 Å². The lowest BCUT2D eigenvalue weighted by Gasteiger charge is -2.25. The number of carbonyl (C=O) groups excluding carboxylic acids is 2. The van der Waals surface area contributed by atoms with Gasteiger partial charge in [-0.05, 0) is 55.0 Å². The van der Waals surface area contributed by atoms with Crippen LogP contribution in [0.1, 0.15) is 34.6 Å². The van der Waals surface area contributed by atoms with Crippen LogP contribution < -0.4 is 19.6 Å². The summed E-state index contributed by atoms with van der Waals surface area (Å²) in [7, 11) is 1.48. The lowest BCUT2D eigenvalue weighted by molar-refractivity contribution is -0.140. The molecule has 1 aliphatic heterocycles. The van der Waals surface area contributed by atoms with E-state index in [0.29, 0.717) is 16.1 Å². The molecule has 0 spiro atoms. The number of rotatable bonds is 8. The van der Waals surface area contributed by atoms with E-state index < -0.39 is 29.4 Å². The van der Waals surface area contributed by atoms with Gasteiger partial charge in [0.1, 0.15) is 18.2 Å². The molecule has 0 amide bonds. The second kappa shape index (κ2) is 12.0. The van der Waals surface area contributed by atoms with E-state index in [9.17, 15) is 18.8 Å². The molecule has 41 heavy (non-hydrogen) atoms. The molecular formula is C29H22ClFN2O7S. The first kappa shape index (κ1) is 28.2. The maximum Gasteiger partial charge on any atom is 0.379 e. The third-order valence-electron chi connectivity index (χ3n) is 6.17. The molecule has 12 heteroatoms. The van der Waals surface area contributed by atoms with Crippen LogP contribution in [0.25, 0.3) is 6.08 Å². The second-order valence-electron chi connectivity index (χ2n) is 8.78. The molecule has 4 aromatic rings. The second-order valence-corrected chi connectivity index (χ2v) is 10.2. The van der Waals surface area contributed by atoms with Crippen LogP contribution in [0.4, 0.5) is 4.39 Å². The molecule has 0 unspecified atom stereocenters. The maximum absolute atomic E-state index is 14.5. The first-order valence-corrected chi connectivity index (χ1v) is 13.5. The van der Waals surface area contributed by atoms with E-state index in [2.05, 4.69) is 4.99 Å². The molecule has 210 valence electrons. The van der Waals surface area contributed by atoms with Crippen LogP contribution in [0.3, 0.4) is 0 Å². The number of halogens is 2. The SMILES string of the molecule is COCCOC(=O)C1=C(C)N=c2s/c(=C\c3c(F)cccc3Cl)c(=O)n2[C@@H]1c1ccc(OC(=O)c2ccco2)cc1. The number of ether oxygens (including phenoxy) is 3. The fourth-order valence-electron chi connectivity index (χ4n) is 4.24. The van der Waals surface area contributed by atoms with Crippen molar-refractivity contribution >= 4 is 41.0 Å². The van der Waals surface area contributed by atoms with Crippen LogP contribution in [0, 0.1) is 5.82 Å². The van der Waals surface area contributed by atoms with Gasteiger partial charge in [0.2, 0.25) is 5.76 Å². The highest BCUT2D eigenvalue weighted by Crippen LogP contribution is 2.32. The van der Waals surface area contributed by atoms with Crippen LogP contribution in [0.15, 0.2) is 86.3 Å². The summed E-state index contributed by atoms with van der Waals surface area (Å²) in [6.07, 6.45) is 2.73. The predicted octanol–water partition coefficient (Wildman–Crippen LogP) is 4.03. The monoisotopic (exact) mass is 596 g/mol. The third kappa shape index (κ3) is 5.78. The van der Waals surface area contributed by atoms with Crippen LogP contribution in [0.5, 0.6) is 5.75 Å². The van der Waals surface area contributed by atoms with E-state index in [0.717, 1.165) is 11.3 Å². The lowest BCUT2D eigenvalue weighted by Crippen LogP contribution is -2.40. The Bertz CT molecular complexity index is 1810. The Morgan fingerprint density at radius 3 is 2.59 bits per heavy atom. The standard InChI is InChI=1S/C29H22ClFN2O7S/c1-16-24(28(36)39-14-13-37-2)25(17-8-10-18(11-9-17)40-27(35)22-7-4-12-38-22)33-26(34)23(41-29(33)32-16)15-19-20(30)5-3-6-21(19)31/h3-12,15,25H,13-14H2,1-2H3/b23-15-/t25-/m1/s1. The smallest absolute Gasteiger partial charge is 0.379 e. The number of thiazole rings is 1. The number of carbonyl (C=O) groups is 2. The van der Waals surface area contributed by atoms with E-state index >= 15 is 0 Å². The van der Waals surface area contributed by atoms with Crippen LogP contribution in [-0.2, 0) is 14.3 Å². The van der Waals surface area contributed by atoms with Gasteiger partial charge in [-0.2, -0.15) is 0 Å². The molecule has 9 nitrogen and oxygen atoms in total. The Morgan fingerprint density at radius 1 is 1.12 bits per heavy atom. The van der Waals surface area contributed by atoms with E-state index in [1.165, 1.54) is 60.4 Å². The van der Waals surface area contributed by atoms with Gasteiger partial charge in [0.15, 0.2) is 4.80 Å². The molecule has 1 aliphatic rings. The molecule has 2 aromatic carbocycles. The number of allylic oxidation sites excluding steroid dienone is 1. The van der Waals surface area contributed by atoms with Crippen molar-refractivity contribution in [2.75, 3.05) is 20.3 Å². The van der Waals surface area contributed by atoms with Gasteiger partial charge in [-0.25, -0.2) is 19.0 Å². The molecule has 0 aliphatic carbocycles. The minimum Gasteiger partial charge on any atom is -0.460 e. The van der Waals surface area contributed by atoms with Crippen molar-refractivity contribution in [3.63, 3.8) is 0 Å². The zero-order valence-electron chi connectivity index (χ0n) is 21.8. The van der Waals surface area contributed by atoms with Gasteiger partial charge < -0.3 is 18.6 Å². The highest BCUT2D eigenvalue weighted by atomic mass is 35.5. The summed E-state index contributed by atoms with van der Waals surface area (Å²) in [6, 6.07) is 12.7. The molecule has 1 atom stereocenters. The highest BCUT2D eigenvalue weighted by molar-refractivity contribution is 7.07. The van der Waals surface area contributed by atoms with Gasteiger partial charge in [0, 0.05) is 12.7 Å². The Hall–Kier alpha value is -4.32. The molecule has 0 bridgehead atoms. The summed E-state index contributed by atoms with van der Waals surface area (Å²) in [6.45, 7) is 1.82. The first-order valence-electron chi connectivity index (χ1n) is 12.3. The van der Waals surface area contributed by atoms with Gasteiger partial charge in [-0.1, -0.05) is 41.1 Å². The van der Waals surface area contributed by atoms with E-state index in [-0.39, 0.29) is 45.4 Å². The minimum absolute atomic E-state index is 0.00327. The zero-order valence-corrected chi connectivity index (χ0v) is 23.3. The van der Waals surface area contributed by atoms with Crippen molar-refractivity contribution in [3.8, 4) is 5.75 Å². The van der Waals surface area contributed by atoms with Crippen molar-refractivity contribution in [2.45, 2.75) is 13.0 Å². The van der Waals surface area contributed by atoms with E-state index in [4.69, 9.17) is 30.2 Å². The topological polar surface area (TPSA) is 109 Å². The van der Waals surface area contributed by atoms with Crippen molar-refractivity contribution in [1.29, 1.82) is 0 Å². The number of hydrogen-bond acceptors (Lipinski definition) is 9. The van der Waals surface area contributed by atoms with Crippen LogP contribution >= 0.6 is 22.9 Å². The molecule has 3 heterocycles. The van der Waals surface area contributed by atoms with Crippen LogP contribution in [-0.4, -0.2) is 36.8 Å². The number of methoxy groups -OCH3 is 1. The van der Waals surface area contributed by atoms with Gasteiger partial charge >= 0.3 is 11.9 Å². The normalized spacial score (nSPS) is 14.9. The van der Waals surface area contributed by atoms with Crippen molar-refractivity contribution in [2.24, 2.45) is 4.99 Å². The number of nitrogens with zero attached hydrogens (tertiary/aromatic N) is 2. The highest BCUT2D eigenvalue weighted by Gasteiger charge is 2.33. The molecule has 0 saturated carbocycles. The van der Waals surface area contributed by atoms with Gasteiger partial charge in [-0.15, -0.1) is 0 Å². The molecule has 0 fully saturated rings. The molecule has 0 saturated heterocycles. The number of benzene rings is 2.